The first-order valence-corrected chi connectivity index (χ1v) is 7.37. The number of benzene rings is 1. The Bertz CT molecular complexity index is 489. The van der Waals surface area contributed by atoms with Gasteiger partial charge in [-0.1, -0.05) is 26.0 Å². The molecular formula is C16H22F3NO. The molecule has 0 amide bonds. The van der Waals surface area contributed by atoms with Crippen LogP contribution in [0.1, 0.15) is 39.2 Å². The maximum Gasteiger partial charge on any atom is 0.418 e. The molecule has 2 rings (SSSR count). The standard InChI is InChI=1S/C16H22F3NO/c1-4-15(3)13(10-14(15)21-5-2)20-12-9-7-6-8-11(12)16(17,18)19/h6-9,13-14,20H,4-5,10H2,1-3H3. The van der Waals surface area contributed by atoms with Crippen molar-refractivity contribution in [2.24, 2.45) is 5.41 Å². The molecule has 1 aliphatic carbocycles. The Labute approximate surface area is 123 Å². The zero-order valence-electron chi connectivity index (χ0n) is 12.6. The van der Waals surface area contributed by atoms with Gasteiger partial charge in [0.05, 0.1) is 11.7 Å². The van der Waals surface area contributed by atoms with Crippen molar-refractivity contribution in [1.82, 2.24) is 0 Å². The topological polar surface area (TPSA) is 21.3 Å². The molecule has 118 valence electrons. The highest BCUT2D eigenvalue weighted by Crippen LogP contribution is 2.48. The van der Waals surface area contributed by atoms with Crippen LogP contribution in [-0.4, -0.2) is 18.8 Å². The van der Waals surface area contributed by atoms with Gasteiger partial charge in [-0.25, -0.2) is 0 Å². The van der Waals surface area contributed by atoms with E-state index in [4.69, 9.17) is 4.74 Å². The lowest BCUT2D eigenvalue weighted by atomic mass is 9.61. The van der Waals surface area contributed by atoms with Crippen molar-refractivity contribution in [3.05, 3.63) is 29.8 Å². The second kappa shape index (κ2) is 5.87. The second-order valence-electron chi connectivity index (χ2n) is 5.78. The molecule has 0 saturated heterocycles. The molecule has 0 radical (unpaired) electrons. The molecule has 1 aromatic carbocycles. The number of hydrogen-bond acceptors (Lipinski definition) is 2. The van der Waals surface area contributed by atoms with Crippen LogP contribution in [0.3, 0.4) is 0 Å². The lowest BCUT2D eigenvalue weighted by molar-refractivity contribution is -0.137. The van der Waals surface area contributed by atoms with Crippen molar-refractivity contribution in [2.45, 2.75) is 51.9 Å². The van der Waals surface area contributed by atoms with Crippen molar-refractivity contribution in [3.8, 4) is 0 Å². The van der Waals surface area contributed by atoms with E-state index in [1.165, 1.54) is 12.1 Å². The summed E-state index contributed by atoms with van der Waals surface area (Å²) in [7, 11) is 0. The molecule has 5 heteroatoms. The zero-order chi connectivity index (χ0) is 15.7. The monoisotopic (exact) mass is 301 g/mol. The maximum atomic E-state index is 13.0. The molecule has 1 N–H and O–H groups in total. The molecule has 1 aliphatic rings. The maximum absolute atomic E-state index is 13.0. The first kappa shape index (κ1) is 16.1. The molecule has 1 saturated carbocycles. The first-order valence-electron chi connectivity index (χ1n) is 7.37. The highest BCUT2D eigenvalue weighted by atomic mass is 19.4. The van der Waals surface area contributed by atoms with E-state index in [1.807, 2.05) is 6.92 Å². The van der Waals surface area contributed by atoms with Gasteiger partial charge in [0.15, 0.2) is 0 Å². The Balaban J connectivity index is 2.17. The number of hydrogen-bond donors (Lipinski definition) is 1. The summed E-state index contributed by atoms with van der Waals surface area (Å²) < 4.78 is 44.8. The third kappa shape index (κ3) is 3.03. The third-order valence-electron chi connectivity index (χ3n) is 4.67. The highest BCUT2D eigenvalue weighted by Gasteiger charge is 2.51. The van der Waals surface area contributed by atoms with E-state index in [9.17, 15) is 13.2 Å². The fourth-order valence-corrected chi connectivity index (χ4v) is 3.02. The van der Waals surface area contributed by atoms with Crippen LogP contribution in [0.2, 0.25) is 0 Å². The average Bonchev–Trinajstić information content (AvgIpc) is 2.44. The Morgan fingerprint density at radius 1 is 1.29 bits per heavy atom. The average molecular weight is 301 g/mol. The molecule has 0 aromatic heterocycles. The summed E-state index contributed by atoms with van der Waals surface area (Å²) in [6.45, 7) is 6.70. The van der Waals surface area contributed by atoms with Gasteiger partial charge in [0, 0.05) is 23.8 Å². The predicted octanol–water partition coefficient (Wildman–Crippen LogP) is 4.71. The molecule has 0 spiro atoms. The van der Waals surface area contributed by atoms with E-state index >= 15 is 0 Å². The molecule has 3 atom stereocenters. The lowest BCUT2D eigenvalue weighted by Crippen LogP contribution is -2.59. The van der Waals surface area contributed by atoms with Crippen LogP contribution in [0.15, 0.2) is 24.3 Å². The fraction of sp³-hybridized carbons (Fsp3) is 0.625. The summed E-state index contributed by atoms with van der Waals surface area (Å²) in [5.41, 5.74) is -0.581. The van der Waals surface area contributed by atoms with Crippen molar-refractivity contribution in [1.29, 1.82) is 0 Å². The van der Waals surface area contributed by atoms with Crippen LogP contribution in [0.25, 0.3) is 0 Å². The Morgan fingerprint density at radius 2 is 1.95 bits per heavy atom. The highest BCUT2D eigenvalue weighted by molar-refractivity contribution is 5.54. The van der Waals surface area contributed by atoms with Crippen LogP contribution < -0.4 is 5.32 Å². The number of ether oxygens (including phenoxy) is 1. The van der Waals surface area contributed by atoms with Gasteiger partial charge in [-0.15, -0.1) is 0 Å². The van der Waals surface area contributed by atoms with Gasteiger partial charge in [0.25, 0.3) is 0 Å². The molecule has 3 unspecified atom stereocenters. The summed E-state index contributed by atoms with van der Waals surface area (Å²) in [5.74, 6) is 0. The van der Waals surface area contributed by atoms with Gasteiger partial charge in [0.1, 0.15) is 0 Å². The van der Waals surface area contributed by atoms with Crippen LogP contribution in [0.4, 0.5) is 18.9 Å². The smallest absolute Gasteiger partial charge is 0.381 e. The van der Waals surface area contributed by atoms with Crippen molar-refractivity contribution in [2.75, 3.05) is 11.9 Å². The second-order valence-corrected chi connectivity index (χ2v) is 5.78. The SMILES string of the molecule is CCOC1CC(Nc2ccccc2C(F)(F)F)C1(C)CC. The third-order valence-corrected chi connectivity index (χ3v) is 4.67. The number of halogens is 3. The first-order chi connectivity index (χ1) is 9.82. The largest absolute Gasteiger partial charge is 0.418 e. The van der Waals surface area contributed by atoms with Crippen molar-refractivity contribution < 1.29 is 17.9 Å². The van der Waals surface area contributed by atoms with Gasteiger partial charge >= 0.3 is 6.18 Å². The minimum Gasteiger partial charge on any atom is -0.381 e. The zero-order valence-corrected chi connectivity index (χ0v) is 12.6. The minimum atomic E-state index is -4.34. The molecule has 0 heterocycles. The summed E-state index contributed by atoms with van der Waals surface area (Å²) in [4.78, 5) is 0. The number of rotatable bonds is 5. The van der Waals surface area contributed by atoms with Gasteiger partial charge in [0.2, 0.25) is 0 Å². The summed E-state index contributed by atoms with van der Waals surface area (Å²) >= 11 is 0. The van der Waals surface area contributed by atoms with E-state index in [-0.39, 0.29) is 23.2 Å². The minimum absolute atomic E-state index is 0.00236. The molecule has 0 aliphatic heterocycles. The Kier molecular flexibility index (Phi) is 4.51. The van der Waals surface area contributed by atoms with Crippen LogP contribution in [-0.2, 0) is 10.9 Å². The van der Waals surface area contributed by atoms with Crippen molar-refractivity contribution in [3.63, 3.8) is 0 Å². The van der Waals surface area contributed by atoms with Gasteiger partial charge < -0.3 is 10.1 Å². The van der Waals surface area contributed by atoms with Crippen LogP contribution in [0.5, 0.6) is 0 Å². The number of anilines is 1. The quantitative estimate of drug-likeness (QED) is 0.850. The van der Waals surface area contributed by atoms with E-state index in [0.717, 1.165) is 18.9 Å². The predicted molar refractivity (Wildman–Crippen MR) is 77.3 cm³/mol. The van der Waals surface area contributed by atoms with E-state index in [1.54, 1.807) is 6.07 Å². The lowest BCUT2D eigenvalue weighted by Gasteiger charge is -2.54. The Morgan fingerprint density at radius 3 is 2.52 bits per heavy atom. The summed E-state index contributed by atoms with van der Waals surface area (Å²) in [6.07, 6.45) is -2.62. The molecule has 1 fully saturated rings. The van der Waals surface area contributed by atoms with Gasteiger partial charge in [-0.3, -0.25) is 0 Å². The van der Waals surface area contributed by atoms with Crippen LogP contribution in [0, 0.1) is 5.41 Å². The molecule has 2 nitrogen and oxygen atoms in total. The van der Waals surface area contributed by atoms with E-state index in [0.29, 0.717) is 6.61 Å². The van der Waals surface area contributed by atoms with E-state index in [2.05, 4.69) is 19.2 Å². The van der Waals surface area contributed by atoms with Gasteiger partial charge in [-0.05, 0) is 31.9 Å². The number of para-hydroxylation sites is 1. The number of nitrogens with one attached hydrogen (secondary N) is 1. The molecule has 1 aromatic rings. The fourth-order valence-electron chi connectivity index (χ4n) is 3.02. The van der Waals surface area contributed by atoms with E-state index < -0.39 is 11.7 Å². The van der Waals surface area contributed by atoms with Crippen molar-refractivity contribution >= 4 is 5.69 Å². The van der Waals surface area contributed by atoms with Gasteiger partial charge in [-0.2, -0.15) is 13.2 Å². The number of alkyl halides is 3. The summed E-state index contributed by atoms with van der Waals surface area (Å²) in [5, 5.41) is 3.08. The molecule has 0 bridgehead atoms. The summed E-state index contributed by atoms with van der Waals surface area (Å²) in [6, 6.07) is 5.65. The van der Waals surface area contributed by atoms with Crippen LogP contribution >= 0.6 is 0 Å². The Hall–Kier alpha value is -1.23. The molecule has 21 heavy (non-hydrogen) atoms. The normalized spacial score (nSPS) is 29.0. The molecular weight excluding hydrogens is 279 g/mol.